The zero-order valence-electron chi connectivity index (χ0n) is 22.8. The van der Waals surface area contributed by atoms with Gasteiger partial charge in [-0.15, -0.1) is 0 Å². The molecule has 1 saturated carbocycles. The number of hydrogen-bond donors (Lipinski definition) is 2. The van der Waals surface area contributed by atoms with Crippen molar-refractivity contribution < 1.29 is 13.2 Å². The summed E-state index contributed by atoms with van der Waals surface area (Å²) < 4.78 is 32.4. The number of aromatic nitrogens is 3. The van der Waals surface area contributed by atoms with E-state index in [0.29, 0.717) is 29.1 Å². The van der Waals surface area contributed by atoms with Crippen LogP contribution in [0.1, 0.15) is 41.0 Å². The van der Waals surface area contributed by atoms with Crippen molar-refractivity contribution in [3.63, 3.8) is 0 Å². The Balaban J connectivity index is 1.37. The summed E-state index contributed by atoms with van der Waals surface area (Å²) in [5.74, 6) is 1.80. The van der Waals surface area contributed by atoms with Crippen molar-refractivity contribution >= 4 is 32.7 Å². The molecule has 0 spiro atoms. The number of fused-ring (bicyclic) bond motifs is 1. The van der Waals surface area contributed by atoms with Gasteiger partial charge in [-0.05, 0) is 115 Å². The van der Waals surface area contributed by atoms with Crippen LogP contribution in [-0.2, 0) is 17.1 Å². The average Bonchev–Trinajstić information content (AvgIpc) is 3.72. The summed E-state index contributed by atoms with van der Waals surface area (Å²) in [5, 5.41) is 17.7. The molecule has 2 aromatic heterocycles. The van der Waals surface area contributed by atoms with E-state index in [1.165, 1.54) is 0 Å². The summed E-state index contributed by atoms with van der Waals surface area (Å²) in [4.78, 5) is 9.50. The zero-order chi connectivity index (χ0) is 28.9. The molecule has 0 aliphatic heterocycles. The Morgan fingerprint density at radius 3 is 2.37 bits per heavy atom. The second-order valence-electron chi connectivity index (χ2n) is 10.4. The van der Waals surface area contributed by atoms with Crippen LogP contribution in [0.5, 0.6) is 11.6 Å². The fourth-order valence-corrected chi connectivity index (χ4v) is 5.66. The molecule has 3 N–H and O–H groups in total. The summed E-state index contributed by atoms with van der Waals surface area (Å²) in [7, 11) is -1.87. The van der Waals surface area contributed by atoms with Crippen LogP contribution in [0.15, 0.2) is 71.8 Å². The fraction of sp³-hybridized carbons (Fsp3) is 0.194. The molecule has 1 aliphatic rings. The van der Waals surface area contributed by atoms with Crippen molar-refractivity contribution in [3.8, 4) is 28.8 Å². The molecule has 3 aromatic carbocycles. The summed E-state index contributed by atoms with van der Waals surface area (Å²) in [6, 6.07) is 20.3. The lowest BCUT2D eigenvalue weighted by molar-refractivity contribution is 0.459. The van der Waals surface area contributed by atoms with E-state index in [9.17, 15) is 8.42 Å². The van der Waals surface area contributed by atoms with E-state index < -0.39 is 10.0 Å². The minimum absolute atomic E-state index is 0.136. The number of nitrogens with two attached hydrogens (primary N) is 1. The molecule has 2 heterocycles. The van der Waals surface area contributed by atoms with Crippen LogP contribution in [0.3, 0.4) is 0 Å². The van der Waals surface area contributed by atoms with Crippen LogP contribution in [0.2, 0.25) is 0 Å². The van der Waals surface area contributed by atoms with Crippen LogP contribution < -0.4 is 15.2 Å². The lowest BCUT2D eigenvalue weighted by atomic mass is 9.94. The highest BCUT2D eigenvalue weighted by molar-refractivity contribution is 7.89. The van der Waals surface area contributed by atoms with Gasteiger partial charge in [-0.1, -0.05) is 6.07 Å². The monoisotopic (exact) mass is 564 g/mol. The van der Waals surface area contributed by atoms with Crippen LogP contribution in [0, 0.1) is 25.2 Å². The first kappa shape index (κ1) is 26.5. The van der Waals surface area contributed by atoms with Crippen molar-refractivity contribution in [1.29, 1.82) is 5.26 Å². The van der Waals surface area contributed by atoms with Crippen LogP contribution in [-0.4, -0.2) is 23.0 Å². The Labute approximate surface area is 238 Å². The third kappa shape index (κ3) is 5.25. The second kappa shape index (κ2) is 10.0. The fourth-order valence-electron chi connectivity index (χ4n) is 5.12. The van der Waals surface area contributed by atoms with Crippen molar-refractivity contribution in [1.82, 2.24) is 14.5 Å². The van der Waals surface area contributed by atoms with Crippen molar-refractivity contribution in [2.45, 2.75) is 37.5 Å². The number of aryl methyl sites for hydroxylation is 3. The molecule has 0 radical (unpaired) electrons. The smallest absolute Gasteiger partial charge is 0.249 e. The number of sulfonamides is 1. The highest BCUT2D eigenvalue weighted by Gasteiger charge is 2.28. The van der Waals surface area contributed by atoms with Crippen molar-refractivity contribution in [3.05, 3.63) is 89.1 Å². The Hall–Kier alpha value is -4.72. The number of nitrogens with zero attached hydrogens (tertiary/aromatic N) is 4. The molecule has 0 bridgehead atoms. The average molecular weight is 565 g/mol. The van der Waals surface area contributed by atoms with E-state index in [1.807, 2.05) is 43.8 Å². The molecule has 0 saturated heterocycles. The largest absolute Gasteiger partial charge is 0.436 e. The van der Waals surface area contributed by atoms with Gasteiger partial charge in [0.25, 0.3) is 0 Å². The number of nitriles is 1. The molecular weight excluding hydrogens is 536 g/mol. The predicted octanol–water partition coefficient (Wildman–Crippen LogP) is 6.18. The highest BCUT2D eigenvalue weighted by Crippen LogP contribution is 2.46. The maximum absolute atomic E-state index is 12.0. The summed E-state index contributed by atoms with van der Waals surface area (Å²) in [6.07, 6.45) is 3.96. The number of nitrogens with one attached hydrogen (secondary N) is 1. The summed E-state index contributed by atoms with van der Waals surface area (Å²) >= 11 is 0. The van der Waals surface area contributed by atoms with Gasteiger partial charge in [-0.2, -0.15) is 10.2 Å². The van der Waals surface area contributed by atoms with Gasteiger partial charge in [-0.3, -0.25) is 0 Å². The second-order valence-corrected chi connectivity index (χ2v) is 12.0. The van der Waals surface area contributed by atoms with Gasteiger partial charge in [0.05, 0.1) is 22.0 Å². The molecule has 10 heteroatoms. The van der Waals surface area contributed by atoms with E-state index in [-0.39, 0.29) is 4.90 Å². The third-order valence-corrected chi connectivity index (χ3v) is 8.21. The lowest BCUT2D eigenvalue weighted by Gasteiger charge is -2.17. The first-order valence-electron chi connectivity index (χ1n) is 13.2. The third-order valence-electron chi connectivity index (χ3n) is 7.30. The molecule has 1 fully saturated rings. The Kier molecular flexibility index (Phi) is 6.49. The maximum atomic E-state index is 12.0. The molecule has 0 unspecified atom stereocenters. The first-order valence-corrected chi connectivity index (χ1v) is 14.7. The summed E-state index contributed by atoms with van der Waals surface area (Å²) in [6.45, 7) is 3.97. The molecule has 206 valence electrons. The molecule has 5 aromatic rings. The SMILES string of the molecule is Cc1cc(-c2ccc(S(N)(=O)=O)cc2C2CC2)cc(C)c1Oc1nc(Nc2ccc(C#N)cc2)nc2ccn(C)c12. The van der Waals surface area contributed by atoms with Gasteiger partial charge in [0.15, 0.2) is 0 Å². The predicted molar refractivity (Wildman–Crippen MR) is 158 cm³/mol. The standard InChI is InChI=1S/C31H28N6O3S/c1-18-14-22(25-11-10-24(41(33,38)39)16-26(25)21-6-7-21)15-19(2)29(18)40-30-28-27(12-13-37(28)3)35-31(36-30)34-23-8-4-20(17-32)5-9-23/h4-5,8-16,21H,6-7H2,1-3H3,(H2,33,38,39)(H,34,35,36). The van der Waals surface area contributed by atoms with Gasteiger partial charge in [-0.25, -0.2) is 18.5 Å². The molecular formula is C31H28N6O3S. The lowest BCUT2D eigenvalue weighted by Crippen LogP contribution is -2.12. The Morgan fingerprint density at radius 2 is 1.73 bits per heavy atom. The Morgan fingerprint density at radius 1 is 1.02 bits per heavy atom. The molecule has 1 aliphatic carbocycles. The van der Waals surface area contributed by atoms with E-state index in [4.69, 9.17) is 20.1 Å². The molecule has 9 nitrogen and oxygen atoms in total. The summed E-state index contributed by atoms with van der Waals surface area (Å²) in [5.41, 5.74) is 7.63. The van der Waals surface area contributed by atoms with Gasteiger partial charge in [0, 0.05) is 18.9 Å². The number of rotatable bonds is 7. The van der Waals surface area contributed by atoms with E-state index in [2.05, 4.69) is 28.5 Å². The van der Waals surface area contributed by atoms with Crippen LogP contribution >= 0.6 is 0 Å². The van der Waals surface area contributed by atoms with Crippen LogP contribution in [0.4, 0.5) is 11.6 Å². The normalized spacial score (nSPS) is 13.2. The minimum Gasteiger partial charge on any atom is -0.436 e. The van der Waals surface area contributed by atoms with Crippen LogP contribution in [0.25, 0.3) is 22.2 Å². The number of anilines is 2. The highest BCUT2D eigenvalue weighted by atomic mass is 32.2. The number of benzene rings is 3. The number of ether oxygens (including phenoxy) is 1. The van der Waals surface area contributed by atoms with Crippen molar-refractivity contribution in [2.75, 3.05) is 5.32 Å². The van der Waals surface area contributed by atoms with E-state index in [0.717, 1.165) is 57.4 Å². The topological polar surface area (TPSA) is 136 Å². The molecule has 6 rings (SSSR count). The zero-order valence-corrected chi connectivity index (χ0v) is 23.7. The minimum atomic E-state index is -3.78. The first-order chi connectivity index (χ1) is 19.6. The van der Waals surface area contributed by atoms with Gasteiger partial charge in [0.1, 0.15) is 11.3 Å². The van der Waals surface area contributed by atoms with Gasteiger partial charge in [0.2, 0.25) is 21.9 Å². The van der Waals surface area contributed by atoms with Gasteiger partial charge < -0.3 is 14.6 Å². The van der Waals surface area contributed by atoms with E-state index in [1.54, 1.807) is 36.4 Å². The van der Waals surface area contributed by atoms with Gasteiger partial charge >= 0.3 is 0 Å². The quantitative estimate of drug-likeness (QED) is 0.241. The molecule has 0 atom stereocenters. The maximum Gasteiger partial charge on any atom is 0.249 e. The molecule has 41 heavy (non-hydrogen) atoms. The van der Waals surface area contributed by atoms with E-state index >= 15 is 0 Å². The Bertz CT molecular complexity index is 1950. The van der Waals surface area contributed by atoms with Crippen molar-refractivity contribution in [2.24, 2.45) is 12.2 Å². The number of primary sulfonamides is 1. The molecule has 0 amide bonds. The number of hydrogen-bond acceptors (Lipinski definition) is 7.